The number of nitrogens with two attached hydrogens (primary N) is 1. The van der Waals surface area contributed by atoms with E-state index < -0.39 is 0 Å². The van der Waals surface area contributed by atoms with Crippen molar-refractivity contribution in [3.63, 3.8) is 0 Å². The Morgan fingerprint density at radius 3 is 2.36 bits per heavy atom. The third kappa shape index (κ3) is 17.9. The molecule has 0 fully saturated rings. The van der Waals surface area contributed by atoms with E-state index in [0.29, 0.717) is 29.8 Å². The van der Waals surface area contributed by atoms with Gasteiger partial charge in [0.15, 0.2) is 0 Å². The molecule has 0 aliphatic carbocycles. The van der Waals surface area contributed by atoms with Gasteiger partial charge in [0.2, 0.25) is 0 Å². The second-order valence-corrected chi connectivity index (χ2v) is 2.92. The number of carbonyl (C=O) groups excluding carboxylic acids is 1. The SMILES string of the molecule is CCOC(=O)CCN.ClSCl. The molecule has 3 nitrogen and oxygen atoms in total. The molecular weight excluding hydrogens is 209 g/mol. The molecule has 0 heterocycles. The molecule has 0 rings (SSSR count). The maximum atomic E-state index is 10.3. The monoisotopic (exact) mass is 219 g/mol. The minimum atomic E-state index is -0.213. The molecular formula is C5H11Cl2NO2S. The Morgan fingerprint density at radius 2 is 2.09 bits per heavy atom. The zero-order chi connectivity index (χ0) is 9.11. The summed E-state index contributed by atoms with van der Waals surface area (Å²) in [4.78, 5) is 10.3. The molecule has 0 amide bonds. The van der Waals surface area contributed by atoms with Gasteiger partial charge in [-0.15, -0.1) is 0 Å². The highest BCUT2D eigenvalue weighted by molar-refractivity contribution is 8.38. The predicted octanol–water partition coefficient (Wildman–Crippen LogP) is 1.93. The van der Waals surface area contributed by atoms with Crippen molar-refractivity contribution < 1.29 is 9.53 Å². The van der Waals surface area contributed by atoms with E-state index in [1.165, 1.54) is 0 Å². The first-order valence-electron chi connectivity index (χ1n) is 2.97. The second kappa shape index (κ2) is 13.0. The van der Waals surface area contributed by atoms with Crippen LogP contribution in [0, 0.1) is 0 Å². The van der Waals surface area contributed by atoms with E-state index in [2.05, 4.69) is 26.1 Å². The molecule has 0 aliphatic heterocycles. The highest BCUT2D eigenvalue weighted by Gasteiger charge is 1.95. The number of carbonyl (C=O) groups is 1. The average molecular weight is 220 g/mol. The van der Waals surface area contributed by atoms with Gasteiger partial charge in [0.1, 0.15) is 0 Å². The van der Waals surface area contributed by atoms with Crippen molar-refractivity contribution >= 4 is 37.5 Å². The number of halogens is 2. The van der Waals surface area contributed by atoms with Gasteiger partial charge in [-0.25, -0.2) is 0 Å². The first-order chi connectivity index (χ1) is 5.22. The van der Waals surface area contributed by atoms with Crippen LogP contribution in [0.5, 0.6) is 0 Å². The fourth-order valence-electron chi connectivity index (χ4n) is 0.351. The molecule has 0 saturated carbocycles. The third-order valence-electron chi connectivity index (χ3n) is 0.654. The summed E-state index contributed by atoms with van der Waals surface area (Å²) in [5, 5.41) is 0. The maximum absolute atomic E-state index is 10.3. The van der Waals surface area contributed by atoms with Gasteiger partial charge in [-0.05, 0) is 28.3 Å². The lowest BCUT2D eigenvalue weighted by Gasteiger charge is -1.96. The topological polar surface area (TPSA) is 52.3 Å². The molecule has 11 heavy (non-hydrogen) atoms. The van der Waals surface area contributed by atoms with Crippen molar-refractivity contribution in [2.75, 3.05) is 13.2 Å². The van der Waals surface area contributed by atoms with E-state index in [0.717, 1.165) is 0 Å². The van der Waals surface area contributed by atoms with Crippen LogP contribution in [0.1, 0.15) is 13.3 Å². The van der Waals surface area contributed by atoms with Crippen LogP contribution in [0.4, 0.5) is 0 Å². The zero-order valence-electron chi connectivity index (χ0n) is 6.18. The molecule has 0 unspecified atom stereocenters. The van der Waals surface area contributed by atoms with Crippen LogP contribution < -0.4 is 5.73 Å². The Morgan fingerprint density at radius 1 is 1.64 bits per heavy atom. The highest BCUT2D eigenvalue weighted by Crippen LogP contribution is 2.08. The molecule has 6 heteroatoms. The van der Waals surface area contributed by atoms with Gasteiger partial charge in [0.05, 0.1) is 23.2 Å². The molecule has 0 aromatic carbocycles. The lowest BCUT2D eigenvalue weighted by atomic mass is 10.4. The number of esters is 1. The van der Waals surface area contributed by atoms with E-state index in [1.54, 1.807) is 6.92 Å². The number of ether oxygens (including phenoxy) is 1. The van der Waals surface area contributed by atoms with Crippen LogP contribution in [0.25, 0.3) is 0 Å². The van der Waals surface area contributed by atoms with Crippen molar-refractivity contribution in [2.45, 2.75) is 13.3 Å². The van der Waals surface area contributed by atoms with Gasteiger partial charge >= 0.3 is 5.97 Å². The molecule has 0 saturated heterocycles. The van der Waals surface area contributed by atoms with Crippen LogP contribution in [0.2, 0.25) is 0 Å². The van der Waals surface area contributed by atoms with E-state index in [1.807, 2.05) is 0 Å². The van der Waals surface area contributed by atoms with E-state index >= 15 is 0 Å². The molecule has 0 aliphatic rings. The summed E-state index contributed by atoms with van der Waals surface area (Å²) in [6.45, 7) is 2.59. The summed E-state index contributed by atoms with van der Waals surface area (Å²) >= 11 is 0. The first kappa shape index (κ1) is 13.9. The van der Waals surface area contributed by atoms with Gasteiger partial charge in [0.25, 0.3) is 0 Å². The standard InChI is InChI=1S/C5H11NO2.Cl2S/c1-2-8-5(7)3-4-6;1-3-2/h2-4,6H2,1H3;. The molecule has 0 spiro atoms. The average Bonchev–Trinajstić information content (AvgIpc) is 1.90. The summed E-state index contributed by atoms with van der Waals surface area (Å²) in [5.74, 6) is -0.213. The van der Waals surface area contributed by atoms with Gasteiger partial charge < -0.3 is 10.5 Å². The summed E-state index contributed by atoms with van der Waals surface area (Å²) in [6, 6.07) is 0. The molecule has 0 radical (unpaired) electrons. The minimum absolute atomic E-state index is 0.213. The summed E-state index contributed by atoms with van der Waals surface area (Å²) in [7, 11) is 10.1. The Bertz CT molecular complexity index is 86.6. The van der Waals surface area contributed by atoms with Crippen LogP contribution in [0.15, 0.2) is 0 Å². The lowest BCUT2D eigenvalue weighted by Crippen LogP contribution is -2.10. The summed E-state index contributed by atoms with van der Waals surface area (Å²) in [6.07, 6.45) is 0.327. The van der Waals surface area contributed by atoms with Gasteiger partial charge in [-0.3, -0.25) is 4.79 Å². The van der Waals surface area contributed by atoms with Crippen LogP contribution in [0.3, 0.4) is 0 Å². The second-order valence-electron chi connectivity index (χ2n) is 1.40. The van der Waals surface area contributed by atoms with E-state index in [4.69, 9.17) is 5.73 Å². The van der Waals surface area contributed by atoms with Crippen LogP contribution in [-0.4, -0.2) is 19.1 Å². The van der Waals surface area contributed by atoms with Gasteiger partial charge in [-0.2, -0.15) is 0 Å². The van der Waals surface area contributed by atoms with Crippen LogP contribution >= 0.6 is 31.6 Å². The Hall–Kier alpha value is 0.360. The van der Waals surface area contributed by atoms with Crippen molar-refractivity contribution in [1.29, 1.82) is 0 Å². The first-order valence-corrected chi connectivity index (χ1v) is 5.44. The summed E-state index contributed by atoms with van der Waals surface area (Å²) < 4.78 is 4.56. The molecule has 0 bridgehead atoms. The molecule has 0 aromatic rings. The number of hydrogen-bond acceptors (Lipinski definition) is 4. The Balaban J connectivity index is 0. The molecule has 0 aromatic heterocycles. The minimum Gasteiger partial charge on any atom is -0.466 e. The Labute approximate surface area is 79.6 Å². The summed E-state index contributed by atoms with van der Waals surface area (Å²) in [5.41, 5.74) is 5.06. The highest BCUT2D eigenvalue weighted by atomic mass is 36.0. The zero-order valence-corrected chi connectivity index (χ0v) is 8.51. The van der Waals surface area contributed by atoms with Gasteiger partial charge in [-0.1, -0.05) is 0 Å². The number of rotatable bonds is 3. The smallest absolute Gasteiger partial charge is 0.307 e. The Kier molecular flexibility index (Phi) is 16.4. The third-order valence-corrected chi connectivity index (χ3v) is 0.654. The van der Waals surface area contributed by atoms with E-state index in [9.17, 15) is 4.79 Å². The molecule has 2 N–H and O–H groups in total. The largest absolute Gasteiger partial charge is 0.466 e. The normalized spacial score (nSPS) is 8.00. The quantitative estimate of drug-likeness (QED) is 0.738. The van der Waals surface area contributed by atoms with Crippen molar-refractivity contribution in [2.24, 2.45) is 5.73 Å². The van der Waals surface area contributed by atoms with Gasteiger partial charge in [0, 0.05) is 6.54 Å². The molecule has 68 valence electrons. The number of hydrogen-bond donors (Lipinski definition) is 1. The predicted molar refractivity (Wildman–Crippen MR) is 49.6 cm³/mol. The van der Waals surface area contributed by atoms with E-state index in [-0.39, 0.29) is 5.97 Å². The van der Waals surface area contributed by atoms with Crippen LogP contribution in [-0.2, 0) is 9.53 Å². The van der Waals surface area contributed by atoms with Crippen molar-refractivity contribution in [3.8, 4) is 0 Å². The van der Waals surface area contributed by atoms with Crippen molar-refractivity contribution in [1.82, 2.24) is 0 Å². The maximum Gasteiger partial charge on any atom is 0.307 e. The molecule has 0 atom stereocenters. The lowest BCUT2D eigenvalue weighted by molar-refractivity contribution is -0.142. The fraction of sp³-hybridized carbons (Fsp3) is 0.800. The van der Waals surface area contributed by atoms with Crippen molar-refractivity contribution in [3.05, 3.63) is 0 Å². The fourth-order valence-corrected chi connectivity index (χ4v) is 0.351.